The smallest absolute Gasteiger partial charge is 0.255 e. The normalized spacial score (nSPS) is 14.3. The SMILES string of the molecule is NNc1ccncc1C(=O)NCCOCC1CC1. The Morgan fingerprint density at radius 2 is 2.39 bits per heavy atom. The number of hydrogen-bond donors (Lipinski definition) is 3. The van der Waals surface area contributed by atoms with Crippen molar-refractivity contribution in [1.29, 1.82) is 0 Å². The van der Waals surface area contributed by atoms with E-state index in [2.05, 4.69) is 15.7 Å². The molecule has 1 aliphatic rings. The summed E-state index contributed by atoms with van der Waals surface area (Å²) in [5, 5.41) is 2.77. The summed E-state index contributed by atoms with van der Waals surface area (Å²) in [4.78, 5) is 15.7. The highest BCUT2D eigenvalue weighted by atomic mass is 16.5. The summed E-state index contributed by atoms with van der Waals surface area (Å²) in [7, 11) is 0. The van der Waals surface area contributed by atoms with Gasteiger partial charge >= 0.3 is 0 Å². The van der Waals surface area contributed by atoms with Crippen molar-refractivity contribution in [1.82, 2.24) is 10.3 Å². The Labute approximate surface area is 106 Å². The first-order valence-electron chi connectivity index (χ1n) is 6.08. The number of amides is 1. The molecule has 2 rings (SSSR count). The van der Waals surface area contributed by atoms with Gasteiger partial charge in [0, 0.05) is 25.5 Å². The van der Waals surface area contributed by atoms with Gasteiger partial charge in [-0.3, -0.25) is 15.6 Å². The number of rotatable bonds is 7. The van der Waals surface area contributed by atoms with Crippen molar-refractivity contribution in [2.24, 2.45) is 11.8 Å². The summed E-state index contributed by atoms with van der Waals surface area (Å²) < 4.78 is 5.43. The lowest BCUT2D eigenvalue weighted by Crippen LogP contribution is -2.28. The Balaban J connectivity index is 1.72. The monoisotopic (exact) mass is 250 g/mol. The minimum atomic E-state index is -0.203. The number of ether oxygens (including phenoxy) is 1. The molecule has 0 saturated heterocycles. The summed E-state index contributed by atoms with van der Waals surface area (Å²) in [6.07, 6.45) is 5.60. The zero-order chi connectivity index (χ0) is 12.8. The van der Waals surface area contributed by atoms with Gasteiger partial charge in [0.05, 0.1) is 17.9 Å². The van der Waals surface area contributed by atoms with Crippen molar-refractivity contribution < 1.29 is 9.53 Å². The van der Waals surface area contributed by atoms with Gasteiger partial charge in [-0.2, -0.15) is 0 Å². The maximum atomic E-state index is 11.8. The molecule has 1 aliphatic carbocycles. The second-order valence-corrected chi connectivity index (χ2v) is 4.34. The van der Waals surface area contributed by atoms with Gasteiger partial charge in [-0.15, -0.1) is 0 Å². The Kier molecular flexibility index (Phi) is 4.49. The van der Waals surface area contributed by atoms with Crippen molar-refractivity contribution in [3.63, 3.8) is 0 Å². The number of hydrazine groups is 1. The van der Waals surface area contributed by atoms with Crippen LogP contribution in [-0.2, 0) is 4.74 Å². The lowest BCUT2D eigenvalue weighted by atomic mass is 10.2. The maximum Gasteiger partial charge on any atom is 0.255 e. The third kappa shape index (κ3) is 3.68. The topological polar surface area (TPSA) is 89.3 Å². The van der Waals surface area contributed by atoms with Crippen molar-refractivity contribution in [2.75, 3.05) is 25.2 Å². The highest BCUT2D eigenvalue weighted by molar-refractivity contribution is 5.99. The van der Waals surface area contributed by atoms with E-state index in [4.69, 9.17) is 10.6 Å². The van der Waals surface area contributed by atoms with E-state index in [1.54, 1.807) is 12.3 Å². The number of anilines is 1. The molecule has 1 aromatic rings. The van der Waals surface area contributed by atoms with Crippen LogP contribution in [0.15, 0.2) is 18.5 Å². The van der Waals surface area contributed by atoms with E-state index in [0.29, 0.717) is 24.4 Å². The van der Waals surface area contributed by atoms with E-state index in [9.17, 15) is 4.79 Å². The zero-order valence-electron chi connectivity index (χ0n) is 10.2. The third-order valence-corrected chi connectivity index (χ3v) is 2.80. The molecule has 18 heavy (non-hydrogen) atoms. The first-order valence-corrected chi connectivity index (χ1v) is 6.08. The molecule has 1 heterocycles. The molecule has 1 aromatic heterocycles. The summed E-state index contributed by atoms with van der Waals surface area (Å²) >= 11 is 0. The van der Waals surface area contributed by atoms with Crippen LogP contribution in [0, 0.1) is 5.92 Å². The second-order valence-electron chi connectivity index (χ2n) is 4.34. The second kappa shape index (κ2) is 6.32. The van der Waals surface area contributed by atoms with Gasteiger partial charge < -0.3 is 15.5 Å². The number of pyridine rings is 1. The molecule has 0 radical (unpaired) electrons. The third-order valence-electron chi connectivity index (χ3n) is 2.80. The lowest BCUT2D eigenvalue weighted by Gasteiger charge is -2.09. The molecule has 6 heteroatoms. The standard InChI is InChI=1S/C12H18N4O2/c13-16-11-3-4-14-7-10(11)12(17)15-5-6-18-8-9-1-2-9/h3-4,7,9H,1-2,5-6,8,13H2,(H,14,16)(H,15,17). The van der Waals surface area contributed by atoms with Crippen molar-refractivity contribution >= 4 is 11.6 Å². The van der Waals surface area contributed by atoms with Gasteiger partial charge in [0.2, 0.25) is 0 Å². The van der Waals surface area contributed by atoms with Gasteiger partial charge in [0.1, 0.15) is 0 Å². The average Bonchev–Trinajstić information content (AvgIpc) is 3.22. The van der Waals surface area contributed by atoms with Gasteiger partial charge in [-0.1, -0.05) is 0 Å². The molecule has 4 N–H and O–H groups in total. The lowest BCUT2D eigenvalue weighted by molar-refractivity contribution is 0.0907. The van der Waals surface area contributed by atoms with E-state index in [-0.39, 0.29) is 5.91 Å². The summed E-state index contributed by atoms with van der Waals surface area (Å²) in [5.41, 5.74) is 3.46. The molecule has 0 unspecified atom stereocenters. The predicted octanol–water partition coefficient (Wildman–Crippen LogP) is 0.524. The number of nitrogens with two attached hydrogens (primary N) is 1. The number of carbonyl (C=O) groups is 1. The summed E-state index contributed by atoms with van der Waals surface area (Å²) in [6, 6.07) is 1.65. The van der Waals surface area contributed by atoms with Gasteiger partial charge in [-0.25, -0.2) is 0 Å². The van der Waals surface area contributed by atoms with E-state index < -0.39 is 0 Å². The van der Waals surface area contributed by atoms with E-state index in [1.165, 1.54) is 19.0 Å². The van der Waals surface area contributed by atoms with Crippen molar-refractivity contribution in [3.8, 4) is 0 Å². The van der Waals surface area contributed by atoms with Gasteiger partial charge in [0.25, 0.3) is 5.91 Å². The van der Waals surface area contributed by atoms with Crippen molar-refractivity contribution in [2.45, 2.75) is 12.8 Å². The quantitative estimate of drug-likeness (QED) is 0.373. The van der Waals surface area contributed by atoms with Crippen LogP contribution in [-0.4, -0.2) is 30.6 Å². The molecular formula is C12H18N4O2. The molecule has 0 bridgehead atoms. The Hall–Kier alpha value is -1.66. The van der Waals surface area contributed by atoms with Gasteiger partial charge in [0.15, 0.2) is 0 Å². The molecule has 0 spiro atoms. The zero-order valence-corrected chi connectivity index (χ0v) is 10.2. The molecule has 1 amide bonds. The Bertz CT molecular complexity index is 407. The molecule has 1 fully saturated rings. The Morgan fingerprint density at radius 3 is 3.11 bits per heavy atom. The number of nitrogen functional groups attached to an aromatic ring is 1. The van der Waals surface area contributed by atoms with Crippen LogP contribution in [0.5, 0.6) is 0 Å². The molecule has 98 valence electrons. The highest BCUT2D eigenvalue weighted by Gasteiger charge is 2.20. The van der Waals surface area contributed by atoms with Crippen molar-refractivity contribution in [3.05, 3.63) is 24.0 Å². The van der Waals surface area contributed by atoms with Crippen LogP contribution in [0.4, 0.5) is 5.69 Å². The molecular weight excluding hydrogens is 232 g/mol. The largest absolute Gasteiger partial charge is 0.379 e. The first kappa shape index (κ1) is 12.8. The fourth-order valence-corrected chi connectivity index (χ4v) is 1.57. The molecule has 0 aliphatic heterocycles. The average molecular weight is 250 g/mol. The van der Waals surface area contributed by atoms with Crippen LogP contribution in [0.25, 0.3) is 0 Å². The maximum absolute atomic E-state index is 11.8. The van der Waals surface area contributed by atoms with Crippen LogP contribution in [0.3, 0.4) is 0 Å². The van der Waals surface area contributed by atoms with Crippen LogP contribution in [0.2, 0.25) is 0 Å². The van der Waals surface area contributed by atoms with Crippen LogP contribution in [0.1, 0.15) is 23.2 Å². The molecule has 0 atom stereocenters. The molecule has 6 nitrogen and oxygen atoms in total. The number of hydrogen-bond acceptors (Lipinski definition) is 5. The minimum absolute atomic E-state index is 0.203. The van der Waals surface area contributed by atoms with Crippen LogP contribution < -0.4 is 16.6 Å². The summed E-state index contributed by atoms with van der Waals surface area (Å²) in [6.45, 7) is 1.83. The molecule has 1 saturated carbocycles. The fourth-order valence-electron chi connectivity index (χ4n) is 1.57. The summed E-state index contributed by atoms with van der Waals surface area (Å²) in [5.74, 6) is 5.86. The van der Waals surface area contributed by atoms with Gasteiger partial charge in [-0.05, 0) is 24.8 Å². The molecule has 0 aromatic carbocycles. The number of nitrogens with one attached hydrogen (secondary N) is 2. The Morgan fingerprint density at radius 1 is 1.56 bits per heavy atom. The predicted molar refractivity (Wildman–Crippen MR) is 67.9 cm³/mol. The van der Waals surface area contributed by atoms with E-state index in [1.807, 2.05) is 0 Å². The number of aromatic nitrogens is 1. The van der Waals surface area contributed by atoms with E-state index >= 15 is 0 Å². The first-order chi connectivity index (χ1) is 8.81. The van der Waals surface area contributed by atoms with E-state index in [0.717, 1.165) is 12.5 Å². The number of nitrogens with zero attached hydrogens (tertiary/aromatic N) is 1. The highest BCUT2D eigenvalue weighted by Crippen LogP contribution is 2.28. The van der Waals surface area contributed by atoms with Crippen LogP contribution >= 0.6 is 0 Å². The fraction of sp³-hybridized carbons (Fsp3) is 0.500. The minimum Gasteiger partial charge on any atom is -0.379 e. The number of carbonyl (C=O) groups excluding carboxylic acids is 1.